The molecule has 3 rings (SSSR count). The Morgan fingerprint density at radius 3 is 2.85 bits per heavy atom. The van der Waals surface area contributed by atoms with E-state index in [-0.39, 0.29) is 18.3 Å². The highest BCUT2D eigenvalue weighted by molar-refractivity contribution is 6.33. The molecule has 0 spiro atoms. The zero-order valence-electron chi connectivity index (χ0n) is 14.2. The molecular formula is C18H15ClFN5O2. The van der Waals surface area contributed by atoms with Crippen LogP contribution in [0.1, 0.15) is 15.9 Å². The lowest BCUT2D eigenvalue weighted by Crippen LogP contribution is -2.08. The van der Waals surface area contributed by atoms with E-state index in [0.717, 1.165) is 0 Å². The van der Waals surface area contributed by atoms with Crippen molar-refractivity contribution in [2.24, 2.45) is 0 Å². The van der Waals surface area contributed by atoms with E-state index >= 15 is 0 Å². The van der Waals surface area contributed by atoms with Crippen molar-refractivity contribution in [1.82, 2.24) is 15.2 Å². The lowest BCUT2D eigenvalue weighted by Gasteiger charge is -2.10. The Morgan fingerprint density at radius 1 is 1.26 bits per heavy atom. The first-order valence-electron chi connectivity index (χ1n) is 7.88. The van der Waals surface area contributed by atoms with E-state index in [1.54, 1.807) is 36.4 Å². The summed E-state index contributed by atoms with van der Waals surface area (Å²) in [6.45, 7) is 0.205. The maximum Gasteiger partial charge on any atom is 0.337 e. The van der Waals surface area contributed by atoms with Gasteiger partial charge in [0.05, 0.1) is 29.6 Å². The van der Waals surface area contributed by atoms with Crippen molar-refractivity contribution in [3.8, 4) is 0 Å². The third-order valence-electron chi connectivity index (χ3n) is 3.60. The van der Waals surface area contributed by atoms with Crippen molar-refractivity contribution in [1.29, 1.82) is 0 Å². The SMILES string of the molecule is COC(=O)c1ccc(Cl)c(Nc2cnnc(NCc3ccccc3F)n2)c1. The molecule has 0 fully saturated rings. The molecule has 7 nitrogen and oxygen atoms in total. The van der Waals surface area contributed by atoms with Crippen molar-refractivity contribution < 1.29 is 13.9 Å². The van der Waals surface area contributed by atoms with Crippen LogP contribution in [0.25, 0.3) is 0 Å². The molecule has 1 aromatic heterocycles. The van der Waals surface area contributed by atoms with Gasteiger partial charge in [-0.25, -0.2) is 9.18 Å². The third kappa shape index (κ3) is 4.68. The molecule has 138 valence electrons. The Bertz CT molecular complexity index is 970. The molecule has 0 aliphatic rings. The Balaban J connectivity index is 1.74. The quantitative estimate of drug-likeness (QED) is 0.621. The molecule has 0 saturated carbocycles. The largest absolute Gasteiger partial charge is 0.465 e. The van der Waals surface area contributed by atoms with Crippen molar-refractivity contribution >= 4 is 35.0 Å². The summed E-state index contributed by atoms with van der Waals surface area (Å²) in [6.07, 6.45) is 1.40. The fourth-order valence-corrected chi connectivity index (χ4v) is 2.42. The Hall–Kier alpha value is -3.26. The van der Waals surface area contributed by atoms with Gasteiger partial charge in [-0.3, -0.25) is 0 Å². The van der Waals surface area contributed by atoms with Gasteiger partial charge in [0, 0.05) is 12.1 Å². The van der Waals surface area contributed by atoms with Crippen LogP contribution < -0.4 is 10.6 Å². The topological polar surface area (TPSA) is 89.0 Å². The molecule has 2 aromatic carbocycles. The molecule has 0 saturated heterocycles. The second-order valence-electron chi connectivity index (χ2n) is 5.42. The van der Waals surface area contributed by atoms with Gasteiger partial charge in [-0.15, -0.1) is 5.10 Å². The first kappa shape index (κ1) is 18.5. The van der Waals surface area contributed by atoms with Crippen LogP contribution in [0.5, 0.6) is 0 Å². The predicted molar refractivity (Wildman–Crippen MR) is 99.6 cm³/mol. The van der Waals surface area contributed by atoms with Gasteiger partial charge in [0.1, 0.15) is 5.82 Å². The van der Waals surface area contributed by atoms with Gasteiger partial charge in [0.2, 0.25) is 5.95 Å². The summed E-state index contributed by atoms with van der Waals surface area (Å²) in [4.78, 5) is 15.9. The minimum Gasteiger partial charge on any atom is -0.465 e. The second-order valence-corrected chi connectivity index (χ2v) is 5.83. The van der Waals surface area contributed by atoms with E-state index in [0.29, 0.717) is 27.7 Å². The summed E-state index contributed by atoms with van der Waals surface area (Å²) in [5, 5.41) is 14.0. The molecule has 3 aromatic rings. The summed E-state index contributed by atoms with van der Waals surface area (Å²) in [6, 6.07) is 11.1. The number of methoxy groups -OCH3 is 1. The number of carbonyl (C=O) groups excluding carboxylic acids is 1. The number of anilines is 3. The van der Waals surface area contributed by atoms with Gasteiger partial charge in [-0.1, -0.05) is 29.8 Å². The van der Waals surface area contributed by atoms with Crippen LogP contribution in [-0.2, 0) is 11.3 Å². The molecular weight excluding hydrogens is 373 g/mol. The standard InChI is InChI=1S/C18H15ClFN5O2/c1-27-17(26)11-6-7-13(19)15(8-11)23-16-10-22-25-18(24-16)21-9-12-4-2-3-5-14(12)20/h2-8,10H,9H2,1H3,(H2,21,23,24,25). The number of hydrogen-bond acceptors (Lipinski definition) is 7. The summed E-state index contributed by atoms with van der Waals surface area (Å²) in [5.41, 5.74) is 1.28. The van der Waals surface area contributed by atoms with Crippen LogP contribution in [0.4, 0.5) is 21.8 Å². The molecule has 0 unspecified atom stereocenters. The number of esters is 1. The number of nitrogens with one attached hydrogen (secondary N) is 2. The molecule has 0 aliphatic carbocycles. The normalized spacial score (nSPS) is 10.3. The minimum atomic E-state index is -0.484. The third-order valence-corrected chi connectivity index (χ3v) is 3.93. The molecule has 1 heterocycles. The van der Waals surface area contributed by atoms with Gasteiger partial charge in [-0.2, -0.15) is 10.1 Å². The van der Waals surface area contributed by atoms with Crippen LogP contribution in [0.2, 0.25) is 5.02 Å². The summed E-state index contributed by atoms with van der Waals surface area (Å²) < 4.78 is 18.4. The van der Waals surface area contributed by atoms with E-state index < -0.39 is 5.97 Å². The van der Waals surface area contributed by atoms with Crippen LogP contribution in [-0.4, -0.2) is 28.3 Å². The fraction of sp³-hybridized carbons (Fsp3) is 0.111. The summed E-state index contributed by atoms with van der Waals surface area (Å²) in [5.74, 6) is -0.241. The van der Waals surface area contributed by atoms with Crippen molar-refractivity contribution in [3.63, 3.8) is 0 Å². The van der Waals surface area contributed by atoms with Crippen LogP contribution >= 0.6 is 11.6 Å². The first-order valence-corrected chi connectivity index (χ1v) is 8.26. The molecule has 0 radical (unpaired) electrons. The molecule has 0 bridgehead atoms. The average molecular weight is 388 g/mol. The first-order chi connectivity index (χ1) is 13.1. The zero-order chi connectivity index (χ0) is 19.2. The molecule has 0 amide bonds. The van der Waals surface area contributed by atoms with E-state index in [9.17, 15) is 9.18 Å². The highest BCUT2D eigenvalue weighted by Gasteiger charge is 2.10. The monoisotopic (exact) mass is 387 g/mol. The lowest BCUT2D eigenvalue weighted by atomic mass is 10.2. The molecule has 0 aliphatic heterocycles. The summed E-state index contributed by atoms with van der Waals surface area (Å²) in [7, 11) is 1.30. The predicted octanol–water partition coefficient (Wildman–Crippen LogP) is 3.81. The Morgan fingerprint density at radius 2 is 2.07 bits per heavy atom. The van der Waals surface area contributed by atoms with Gasteiger partial charge in [0.25, 0.3) is 0 Å². The van der Waals surface area contributed by atoms with Crippen LogP contribution in [0.15, 0.2) is 48.7 Å². The fourth-order valence-electron chi connectivity index (χ4n) is 2.26. The van der Waals surface area contributed by atoms with Crippen LogP contribution in [0.3, 0.4) is 0 Å². The maximum atomic E-state index is 13.7. The number of benzene rings is 2. The van der Waals surface area contributed by atoms with Crippen molar-refractivity contribution in [2.45, 2.75) is 6.54 Å². The van der Waals surface area contributed by atoms with E-state index in [4.69, 9.17) is 16.3 Å². The zero-order valence-corrected chi connectivity index (χ0v) is 15.0. The summed E-state index contributed by atoms with van der Waals surface area (Å²) >= 11 is 6.16. The Kier molecular flexibility index (Phi) is 5.77. The van der Waals surface area contributed by atoms with Crippen LogP contribution in [0, 0.1) is 5.82 Å². The minimum absolute atomic E-state index is 0.205. The highest BCUT2D eigenvalue weighted by atomic mass is 35.5. The lowest BCUT2D eigenvalue weighted by molar-refractivity contribution is 0.0601. The number of halogens is 2. The smallest absolute Gasteiger partial charge is 0.337 e. The molecule has 27 heavy (non-hydrogen) atoms. The average Bonchev–Trinajstić information content (AvgIpc) is 2.69. The van der Waals surface area contributed by atoms with E-state index in [1.807, 2.05) is 0 Å². The van der Waals surface area contributed by atoms with E-state index in [1.165, 1.54) is 19.4 Å². The van der Waals surface area contributed by atoms with Gasteiger partial charge in [-0.05, 0) is 24.3 Å². The van der Waals surface area contributed by atoms with E-state index in [2.05, 4.69) is 25.8 Å². The number of ether oxygens (including phenoxy) is 1. The molecule has 0 atom stereocenters. The van der Waals surface area contributed by atoms with Crippen molar-refractivity contribution in [2.75, 3.05) is 17.7 Å². The number of hydrogen-bond donors (Lipinski definition) is 2. The maximum absolute atomic E-state index is 13.7. The highest BCUT2D eigenvalue weighted by Crippen LogP contribution is 2.26. The number of nitrogens with zero attached hydrogens (tertiary/aromatic N) is 3. The van der Waals surface area contributed by atoms with Gasteiger partial charge >= 0.3 is 5.97 Å². The molecule has 9 heteroatoms. The Labute approximate surface area is 159 Å². The number of aromatic nitrogens is 3. The number of carbonyl (C=O) groups is 1. The van der Waals surface area contributed by atoms with Gasteiger partial charge in [0.15, 0.2) is 5.82 Å². The van der Waals surface area contributed by atoms with Crippen molar-refractivity contribution in [3.05, 3.63) is 70.6 Å². The second kappa shape index (κ2) is 8.41. The molecule has 2 N–H and O–H groups in total. The van der Waals surface area contributed by atoms with Gasteiger partial charge < -0.3 is 15.4 Å². The number of rotatable bonds is 6.